The van der Waals surface area contributed by atoms with Crippen LogP contribution in [0.15, 0.2) is 12.7 Å². The van der Waals surface area contributed by atoms with E-state index in [1.807, 2.05) is 0 Å². The van der Waals surface area contributed by atoms with Crippen molar-refractivity contribution in [2.75, 3.05) is 12.0 Å². The average molecular weight is 148 g/mol. The summed E-state index contributed by atoms with van der Waals surface area (Å²) in [6.45, 7) is 3.49. The van der Waals surface area contributed by atoms with Crippen molar-refractivity contribution in [3.8, 4) is 0 Å². The number of unbranched alkanes of at least 4 members (excludes halogenated alkanes) is 1. The molecule has 0 spiro atoms. The van der Waals surface area contributed by atoms with E-state index in [1.54, 1.807) is 6.08 Å². The summed E-state index contributed by atoms with van der Waals surface area (Å²) >= 11 is 0. The van der Waals surface area contributed by atoms with E-state index in [9.17, 15) is 8.42 Å². The summed E-state index contributed by atoms with van der Waals surface area (Å²) in [5, 5.41) is 0. The molecule has 0 fully saturated rings. The van der Waals surface area contributed by atoms with Crippen molar-refractivity contribution in [3.63, 3.8) is 0 Å². The van der Waals surface area contributed by atoms with Crippen LogP contribution in [0, 0.1) is 0 Å². The highest BCUT2D eigenvalue weighted by Gasteiger charge is 1.98. The topological polar surface area (TPSA) is 34.1 Å². The van der Waals surface area contributed by atoms with Gasteiger partial charge in [0.05, 0.1) is 5.75 Å². The van der Waals surface area contributed by atoms with E-state index in [-0.39, 0.29) is 5.75 Å². The SMILES string of the molecule is C=CCCCS(C)(=O)=O. The van der Waals surface area contributed by atoms with Crippen LogP contribution in [0.5, 0.6) is 0 Å². The van der Waals surface area contributed by atoms with E-state index in [4.69, 9.17) is 0 Å². The lowest BCUT2D eigenvalue weighted by Gasteiger charge is -1.92. The highest BCUT2D eigenvalue weighted by Crippen LogP contribution is 1.93. The van der Waals surface area contributed by atoms with Crippen molar-refractivity contribution in [1.82, 2.24) is 0 Å². The van der Waals surface area contributed by atoms with Gasteiger partial charge in [-0.2, -0.15) is 0 Å². The first-order chi connectivity index (χ1) is 4.06. The van der Waals surface area contributed by atoms with Crippen LogP contribution in [0.25, 0.3) is 0 Å². The quantitative estimate of drug-likeness (QED) is 0.440. The fourth-order valence-electron chi connectivity index (χ4n) is 0.490. The van der Waals surface area contributed by atoms with Gasteiger partial charge in [-0.3, -0.25) is 0 Å². The molecule has 0 aliphatic carbocycles. The largest absolute Gasteiger partial charge is 0.229 e. The zero-order chi connectivity index (χ0) is 7.33. The predicted molar refractivity (Wildman–Crippen MR) is 39.1 cm³/mol. The Morgan fingerprint density at radius 2 is 2.11 bits per heavy atom. The first kappa shape index (κ1) is 8.69. The molecule has 0 aliphatic heterocycles. The minimum Gasteiger partial charge on any atom is -0.229 e. The summed E-state index contributed by atoms with van der Waals surface area (Å²) in [6.07, 6.45) is 4.46. The van der Waals surface area contributed by atoms with Crippen molar-refractivity contribution in [2.24, 2.45) is 0 Å². The second kappa shape index (κ2) is 3.67. The van der Waals surface area contributed by atoms with Crippen LogP contribution in [0.3, 0.4) is 0 Å². The van der Waals surface area contributed by atoms with E-state index < -0.39 is 9.84 Å². The maximum absolute atomic E-state index is 10.5. The fraction of sp³-hybridized carbons (Fsp3) is 0.667. The molecule has 0 atom stereocenters. The molecule has 0 aliphatic rings. The molecule has 0 rings (SSSR count). The van der Waals surface area contributed by atoms with E-state index in [2.05, 4.69) is 6.58 Å². The molecular formula is C6H12O2S. The maximum Gasteiger partial charge on any atom is 0.147 e. The van der Waals surface area contributed by atoms with Crippen LogP contribution in [0.2, 0.25) is 0 Å². The van der Waals surface area contributed by atoms with Crippen LogP contribution < -0.4 is 0 Å². The first-order valence-electron chi connectivity index (χ1n) is 2.85. The van der Waals surface area contributed by atoms with Gasteiger partial charge in [-0.1, -0.05) is 6.08 Å². The third kappa shape index (κ3) is 7.69. The van der Waals surface area contributed by atoms with Crippen molar-refractivity contribution in [3.05, 3.63) is 12.7 Å². The van der Waals surface area contributed by atoms with E-state index in [0.717, 1.165) is 6.42 Å². The molecule has 0 unspecified atom stereocenters. The summed E-state index contributed by atoms with van der Waals surface area (Å²) in [5.74, 6) is 0.277. The molecular weight excluding hydrogens is 136 g/mol. The number of rotatable bonds is 4. The molecule has 2 nitrogen and oxygen atoms in total. The molecule has 0 radical (unpaired) electrons. The highest BCUT2D eigenvalue weighted by molar-refractivity contribution is 7.90. The van der Waals surface area contributed by atoms with Gasteiger partial charge in [-0.15, -0.1) is 6.58 Å². The zero-order valence-corrected chi connectivity index (χ0v) is 6.45. The normalized spacial score (nSPS) is 11.2. The third-order valence-corrected chi connectivity index (χ3v) is 1.95. The Morgan fingerprint density at radius 3 is 2.44 bits per heavy atom. The smallest absolute Gasteiger partial charge is 0.147 e. The van der Waals surface area contributed by atoms with Gasteiger partial charge < -0.3 is 0 Å². The highest BCUT2D eigenvalue weighted by atomic mass is 32.2. The van der Waals surface area contributed by atoms with Crippen LogP contribution in [-0.4, -0.2) is 20.4 Å². The van der Waals surface area contributed by atoms with Gasteiger partial charge >= 0.3 is 0 Å². The van der Waals surface area contributed by atoms with Gasteiger partial charge in [0.2, 0.25) is 0 Å². The first-order valence-corrected chi connectivity index (χ1v) is 4.91. The standard InChI is InChI=1S/C6H12O2S/c1-3-4-5-6-9(2,7)8/h3H,1,4-6H2,2H3. The molecule has 54 valence electrons. The van der Waals surface area contributed by atoms with E-state index in [0.29, 0.717) is 6.42 Å². The Bertz CT molecular complexity index is 167. The summed E-state index contributed by atoms with van der Waals surface area (Å²) in [5.41, 5.74) is 0. The lowest BCUT2D eigenvalue weighted by Crippen LogP contribution is -2.01. The number of hydrogen-bond acceptors (Lipinski definition) is 2. The molecule has 9 heavy (non-hydrogen) atoms. The second-order valence-corrected chi connectivity index (χ2v) is 4.32. The lowest BCUT2D eigenvalue weighted by molar-refractivity contribution is 0.599. The van der Waals surface area contributed by atoms with E-state index >= 15 is 0 Å². The zero-order valence-electron chi connectivity index (χ0n) is 5.63. The van der Waals surface area contributed by atoms with Gasteiger partial charge in [-0.25, -0.2) is 8.42 Å². The molecule has 0 heterocycles. The molecule has 0 amide bonds. The van der Waals surface area contributed by atoms with Crippen molar-refractivity contribution in [2.45, 2.75) is 12.8 Å². The number of allylic oxidation sites excluding steroid dienone is 1. The Hall–Kier alpha value is -0.310. The Morgan fingerprint density at radius 1 is 1.56 bits per heavy atom. The Labute approximate surface area is 56.5 Å². The molecule has 0 saturated carbocycles. The molecule has 0 aromatic heterocycles. The molecule has 0 saturated heterocycles. The molecule has 0 bridgehead atoms. The van der Waals surface area contributed by atoms with E-state index in [1.165, 1.54) is 6.26 Å². The minimum absolute atomic E-state index is 0.277. The van der Waals surface area contributed by atoms with Crippen LogP contribution in [-0.2, 0) is 9.84 Å². The monoisotopic (exact) mass is 148 g/mol. The van der Waals surface area contributed by atoms with Gasteiger partial charge in [0.15, 0.2) is 0 Å². The van der Waals surface area contributed by atoms with Crippen LogP contribution in [0.1, 0.15) is 12.8 Å². The van der Waals surface area contributed by atoms with Gasteiger partial charge in [0, 0.05) is 6.26 Å². The molecule has 0 aromatic rings. The number of hydrogen-bond donors (Lipinski definition) is 0. The Balaban J connectivity index is 3.40. The summed E-state index contributed by atoms with van der Waals surface area (Å²) in [4.78, 5) is 0. The minimum atomic E-state index is -2.74. The molecule has 3 heteroatoms. The van der Waals surface area contributed by atoms with Crippen molar-refractivity contribution >= 4 is 9.84 Å². The van der Waals surface area contributed by atoms with Gasteiger partial charge in [0.25, 0.3) is 0 Å². The maximum atomic E-state index is 10.5. The molecule has 0 N–H and O–H groups in total. The fourth-order valence-corrected chi connectivity index (χ4v) is 1.18. The van der Waals surface area contributed by atoms with Crippen LogP contribution >= 0.6 is 0 Å². The third-order valence-electron chi connectivity index (χ3n) is 0.923. The average Bonchev–Trinajstić information content (AvgIpc) is 1.63. The second-order valence-electron chi connectivity index (χ2n) is 2.06. The summed E-state index contributed by atoms with van der Waals surface area (Å²) in [6, 6.07) is 0. The van der Waals surface area contributed by atoms with Gasteiger partial charge in [-0.05, 0) is 12.8 Å². The van der Waals surface area contributed by atoms with Crippen molar-refractivity contribution < 1.29 is 8.42 Å². The Kier molecular flexibility index (Phi) is 3.54. The summed E-state index contributed by atoms with van der Waals surface area (Å²) in [7, 11) is -2.74. The van der Waals surface area contributed by atoms with Crippen LogP contribution in [0.4, 0.5) is 0 Å². The summed E-state index contributed by atoms with van der Waals surface area (Å²) < 4.78 is 20.9. The van der Waals surface area contributed by atoms with Crippen molar-refractivity contribution in [1.29, 1.82) is 0 Å². The number of sulfone groups is 1. The predicted octanol–water partition coefficient (Wildman–Crippen LogP) is 0.997. The molecule has 0 aromatic carbocycles. The van der Waals surface area contributed by atoms with Gasteiger partial charge in [0.1, 0.15) is 9.84 Å². The lowest BCUT2D eigenvalue weighted by atomic mass is 10.3.